The Hall–Kier alpha value is -3.28. The second kappa shape index (κ2) is 9.88. The third kappa shape index (κ3) is 4.74. The Morgan fingerprint density at radius 2 is 1.65 bits per heavy atom. The van der Waals surface area contributed by atoms with Crippen LogP contribution >= 0.6 is 0 Å². The molecule has 6 nitrogen and oxygen atoms in total. The molecule has 1 atom stereocenters. The zero-order valence-electron chi connectivity index (χ0n) is 21.6. The number of ether oxygens (including phenoxy) is 1. The summed E-state index contributed by atoms with van der Waals surface area (Å²) in [6.07, 6.45) is 9.14. The maximum Gasteiger partial charge on any atom is 0.408 e. The Morgan fingerprint density at radius 1 is 1.00 bits per heavy atom. The molecule has 6 heteroatoms. The number of amides is 2. The standard InChI is InChI=1S/C31H37N3O3/c1-2-34(31-16-22-12-23(17-31)14-24(13-22)18-31)29(35)28(15-25-19-32-27-11-7-6-10-26(25)27)33-30(36)37-20-21-8-4-3-5-9-21/h3-11,19,22-24,28,32H,2,12-18,20H2,1H3,(H,33,36)/t22?,23?,24?,28-,31?/m0/s1. The van der Waals surface area contributed by atoms with Crippen molar-refractivity contribution in [1.82, 2.24) is 15.2 Å². The third-order valence-corrected chi connectivity index (χ3v) is 9.06. The van der Waals surface area contributed by atoms with Gasteiger partial charge in [-0.2, -0.15) is 0 Å². The highest BCUT2D eigenvalue weighted by molar-refractivity contribution is 5.89. The molecular formula is C31H37N3O3. The number of likely N-dealkylation sites (N-methyl/N-ethyl adjacent to an activating group) is 1. The van der Waals surface area contributed by atoms with Crippen molar-refractivity contribution < 1.29 is 14.3 Å². The molecule has 0 radical (unpaired) electrons. The predicted molar refractivity (Wildman–Crippen MR) is 144 cm³/mol. The van der Waals surface area contributed by atoms with Gasteiger partial charge in [0, 0.05) is 35.6 Å². The molecule has 4 fully saturated rings. The van der Waals surface area contributed by atoms with Crippen molar-refractivity contribution in [3.05, 3.63) is 71.9 Å². The number of carbonyl (C=O) groups is 2. The van der Waals surface area contributed by atoms with Gasteiger partial charge in [0.2, 0.25) is 5.91 Å². The second-order valence-corrected chi connectivity index (χ2v) is 11.5. The lowest BCUT2D eigenvalue weighted by molar-refractivity contribution is -0.152. The number of aromatic amines is 1. The van der Waals surface area contributed by atoms with Gasteiger partial charge < -0.3 is 19.9 Å². The summed E-state index contributed by atoms with van der Waals surface area (Å²) >= 11 is 0. The van der Waals surface area contributed by atoms with Gasteiger partial charge in [-0.05, 0) is 80.4 Å². The third-order valence-electron chi connectivity index (χ3n) is 9.06. The van der Waals surface area contributed by atoms with Crippen molar-refractivity contribution >= 4 is 22.9 Å². The molecule has 2 amide bonds. The Labute approximate surface area is 218 Å². The molecule has 37 heavy (non-hydrogen) atoms. The fraction of sp³-hybridized carbons (Fsp3) is 0.484. The lowest BCUT2D eigenvalue weighted by Gasteiger charge is -2.60. The smallest absolute Gasteiger partial charge is 0.408 e. The molecule has 2 aromatic carbocycles. The van der Waals surface area contributed by atoms with Gasteiger partial charge in [-0.25, -0.2) is 4.79 Å². The van der Waals surface area contributed by atoms with E-state index in [4.69, 9.17) is 4.74 Å². The van der Waals surface area contributed by atoms with E-state index in [2.05, 4.69) is 28.2 Å². The van der Waals surface area contributed by atoms with Crippen LogP contribution in [0, 0.1) is 17.8 Å². The number of hydrogen-bond donors (Lipinski definition) is 2. The molecule has 0 unspecified atom stereocenters. The van der Waals surface area contributed by atoms with Gasteiger partial charge in [0.1, 0.15) is 12.6 Å². The van der Waals surface area contributed by atoms with Crippen LogP contribution in [0.4, 0.5) is 4.79 Å². The lowest BCUT2D eigenvalue weighted by Crippen LogP contribution is -2.64. The number of carbonyl (C=O) groups excluding carboxylic acids is 2. The van der Waals surface area contributed by atoms with Gasteiger partial charge in [0.05, 0.1) is 0 Å². The summed E-state index contributed by atoms with van der Waals surface area (Å²) in [5.74, 6) is 2.24. The van der Waals surface area contributed by atoms with Crippen LogP contribution in [-0.2, 0) is 22.6 Å². The van der Waals surface area contributed by atoms with Gasteiger partial charge in [-0.1, -0.05) is 48.5 Å². The number of alkyl carbamates (subject to hydrolysis) is 1. The van der Waals surface area contributed by atoms with Crippen molar-refractivity contribution in [1.29, 1.82) is 0 Å². The Kier molecular flexibility index (Phi) is 6.43. The molecule has 1 heterocycles. The number of rotatable bonds is 8. The van der Waals surface area contributed by atoms with Crippen LogP contribution in [-0.4, -0.2) is 40.0 Å². The van der Waals surface area contributed by atoms with Crippen molar-refractivity contribution in [2.75, 3.05) is 6.54 Å². The molecular weight excluding hydrogens is 462 g/mol. The number of nitrogens with zero attached hydrogens (tertiary/aromatic N) is 1. The number of hydrogen-bond acceptors (Lipinski definition) is 3. The molecule has 0 saturated heterocycles. The summed E-state index contributed by atoms with van der Waals surface area (Å²) < 4.78 is 5.55. The van der Waals surface area contributed by atoms with E-state index in [1.165, 1.54) is 19.3 Å². The Balaban J connectivity index is 1.25. The van der Waals surface area contributed by atoms with E-state index in [0.717, 1.165) is 59.0 Å². The maximum atomic E-state index is 14.3. The molecule has 4 aliphatic carbocycles. The van der Waals surface area contributed by atoms with E-state index >= 15 is 0 Å². The van der Waals surface area contributed by atoms with E-state index in [-0.39, 0.29) is 18.1 Å². The summed E-state index contributed by atoms with van der Waals surface area (Å²) in [5, 5.41) is 4.05. The predicted octanol–water partition coefficient (Wildman–Crippen LogP) is 5.82. The lowest BCUT2D eigenvalue weighted by atomic mass is 9.52. The minimum Gasteiger partial charge on any atom is -0.445 e. The quantitative estimate of drug-likeness (QED) is 0.410. The molecule has 3 aromatic rings. The molecule has 1 aromatic heterocycles. The van der Waals surface area contributed by atoms with E-state index in [1.54, 1.807) is 0 Å². The van der Waals surface area contributed by atoms with Crippen LogP contribution in [0.3, 0.4) is 0 Å². The minimum absolute atomic E-state index is 0.0198. The average Bonchev–Trinajstić information content (AvgIpc) is 3.30. The molecule has 0 aliphatic heterocycles. The number of aromatic nitrogens is 1. The fourth-order valence-corrected chi connectivity index (χ4v) is 7.94. The second-order valence-electron chi connectivity index (χ2n) is 11.5. The molecule has 4 aliphatic rings. The minimum atomic E-state index is -0.685. The maximum absolute atomic E-state index is 14.3. The number of para-hydroxylation sites is 1. The largest absolute Gasteiger partial charge is 0.445 e. The number of benzene rings is 2. The first kappa shape index (κ1) is 24.1. The summed E-state index contributed by atoms with van der Waals surface area (Å²) in [6, 6.07) is 17.0. The van der Waals surface area contributed by atoms with Crippen LogP contribution < -0.4 is 5.32 Å². The SMILES string of the molecule is CCN(C(=O)[C@H](Cc1c[nH]c2ccccc12)NC(=O)OCc1ccccc1)C12CC3CC(CC(C3)C1)C2. The van der Waals surface area contributed by atoms with Crippen LogP contribution in [0.15, 0.2) is 60.8 Å². The summed E-state index contributed by atoms with van der Waals surface area (Å²) in [4.78, 5) is 32.7. The first-order valence-corrected chi connectivity index (χ1v) is 13.9. The van der Waals surface area contributed by atoms with Crippen LogP contribution in [0.2, 0.25) is 0 Å². The monoisotopic (exact) mass is 499 g/mol. The van der Waals surface area contributed by atoms with Crippen LogP contribution in [0.25, 0.3) is 10.9 Å². The molecule has 4 bridgehead atoms. The Bertz CT molecular complexity index is 1230. The number of nitrogens with one attached hydrogen (secondary N) is 2. The normalized spacial score (nSPS) is 26.7. The van der Waals surface area contributed by atoms with Gasteiger partial charge in [-0.15, -0.1) is 0 Å². The van der Waals surface area contributed by atoms with Crippen molar-refractivity contribution in [3.63, 3.8) is 0 Å². The first-order chi connectivity index (χ1) is 18.0. The molecule has 0 spiro atoms. The molecule has 7 rings (SSSR count). The van der Waals surface area contributed by atoms with Crippen molar-refractivity contribution in [3.8, 4) is 0 Å². The number of fused-ring (bicyclic) bond motifs is 1. The summed E-state index contributed by atoms with van der Waals surface area (Å²) in [5.41, 5.74) is 2.91. The highest BCUT2D eigenvalue weighted by atomic mass is 16.5. The van der Waals surface area contributed by atoms with Gasteiger partial charge in [-0.3, -0.25) is 4.79 Å². The van der Waals surface area contributed by atoms with E-state index in [1.807, 2.05) is 54.7 Å². The van der Waals surface area contributed by atoms with Crippen molar-refractivity contribution in [2.45, 2.75) is 70.1 Å². The zero-order chi connectivity index (χ0) is 25.4. The van der Waals surface area contributed by atoms with E-state index in [0.29, 0.717) is 13.0 Å². The van der Waals surface area contributed by atoms with Gasteiger partial charge in [0.25, 0.3) is 0 Å². The molecule has 2 N–H and O–H groups in total. The van der Waals surface area contributed by atoms with Gasteiger partial charge in [0.15, 0.2) is 0 Å². The topological polar surface area (TPSA) is 74.4 Å². The highest BCUT2D eigenvalue weighted by Gasteiger charge is 2.55. The molecule has 194 valence electrons. The van der Waals surface area contributed by atoms with Crippen LogP contribution in [0.5, 0.6) is 0 Å². The summed E-state index contributed by atoms with van der Waals surface area (Å²) in [7, 11) is 0. The molecule has 4 saturated carbocycles. The summed E-state index contributed by atoms with van der Waals surface area (Å²) in [6.45, 7) is 2.93. The highest BCUT2D eigenvalue weighted by Crippen LogP contribution is 2.57. The number of H-pyrrole nitrogens is 1. The average molecular weight is 500 g/mol. The fourth-order valence-electron chi connectivity index (χ4n) is 7.94. The van der Waals surface area contributed by atoms with Crippen LogP contribution in [0.1, 0.15) is 56.6 Å². The first-order valence-electron chi connectivity index (χ1n) is 13.9. The zero-order valence-corrected chi connectivity index (χ0v) is 21.6. The van der Waals surface area contributed by atoms with E-state index < -0.39 is 12.1 Å². The van der Waals surface area contributed by atoms with E-state index in [9.17, 15) is 9.59 Å². The van der Waals surface area contributed by atoms with Gasteiger partial charge >= 0.3 is 6.09 Å². The Morgan fingerprint density at radius 3 is 2.32 bits per heavy atom. The van der Waals surface area contributed by atoms with Crippen molar-refractivity contribution in [2.24, 2.45) is 17.8 Å².